The van der Waals surface area contributed by atoms with Crippen molar-refractivity contribution >= 4 is 5.52 Å². The van der Waals surface area contributed by atoms with Gasteiger partial charge < -0.3 is 14.6 Å². The number of aliphatic hydroxyl groups excluding tert-OH is 1. The molecule has 2 aromatic heterocycles. The average molecular weight is 362 g/mol. The number of aromatic hydroxyl groups is 1. The summed E-state index contributed by atoms with van der Waals surface area (Å²) in [6.07, 6.45) is 9.86. The summed E-state index contributed by atoms with van der Waals surface area (Å²) in [6.45, 7) is 0. The fourth-order valence-electron chi connectivity index (χ4n) is 4.85. The molecule has 2 aliphatic carbocycles. The second kappa shape index (κ2) is 6.68. The molecular formula is C23H26N2O2. The van der Waals surface area contributed by atoms with Gasteiger partial charge in [0.1, 0.15) is 5.75 Å². The van der Waals surface area contributed by atoms with E-state index in [1.807, 2.05) is 24.7 Å². The SMILES string of the molecule is Oc1cccc([C@H]2CC[C@H]([C@H](O)c3c(C4CC4)ccc4cncn34)CC2)c1. The lowest BCUT2D eigenvalue weighted by atomic mass is 9.75. The Morgan fingerprint density at radius 2 is 1.74 bits per heavy atom. The molecule has 1 aromatic carbocycles. The molecule has 0 unspecified atom stereocenters. The molecule has 2 N–H and O–H groups in total. The van der Waals surface area contributed by atoms with E-state index in [1.54, 1.807) is 6.07 Å². The molecule has 0 radical (unpaired) electrons. The normalized spacial score (nSPS) is 24.2. The van der Waals surface area contributed by atoms with Crippen LogP contribution in [0, 0.1) is 5.92 Å². The van der Waals surface area contributed by atoms with E-state index in [0.29, 0.717) is 17.6 Å². The van der Waals surface area contributed by atoms with Crippen LogP contribution in [-0.4, -0.2) is 19.6 Å². The lowest BCUT2D eigenvalue weighted by molar-refractivity contribution is 0.0754. The van der Waals surface area contributed by atoms with Gasteiger partial charge in [-0.1, -0.05) is 18.2 Å². The summed E-state index contributed by atoms with van der Waals surface area (Å²) < 4.78 is 2.10. The summed E-state index contributed by atoms with van der Waals surface area (Å²) in [7, 11) is 0. The number of phenolic OH excluding ortho intramolecular Hbond substituents is 1. The summed E-state index contributed by atoms with van der Waals surface area (Å²) in [6, 6.07) is 12.0. The van der Waals surface area contributed by atoms with Crippen LogP contribution in [-0.2, 0) is 0 Å². The summed E-state index contributed by atoms with van der Waals surface area (Å²) in [4.78, 5) is 4.30. The molecule has 140 valence electrons. The smallest absolute Gasteiger partial charge is 0.115 e. The topological polar surface area (TPSA) is 57.8 Å². The number of fused-ring (bicyclic) bond motifs is 1. The maximum absolute atomic E-state index is 11.3. The molecule has 3 aromatic rings. The zero-order chi connectivity index (χ0) is 18.4. The zero-order valence-corrected chi connectivity index (χ0v) is 15.5. The predicted molar refractivity (Wildman–Crippen MR) is 105 cm³/mol. The summed E-state index contributed by atoms with van der Waals surface area (Å²) in [5.41, 5.74) is 4.65. The Labute approximate surface area is 159 Å². The number of nitrogens with zero attached hydrogens (tertiary/aromatic N) is 2. The first kappa shape index (κ1) is 16.8. The first-order chi connectivity index (χ1) is 13.2. The molecule has 2 aliphatic rings. The van der Waals surface area contributed by atoms with Crippen molar-refractivity contribution in [1.82, 2.24) is 9.38 Å². The second-order valence-electron chi connectivity index (χ2n) is 8.29. The van der Waals surface area contributed by atoms with Crippen molar-refractivity contribution in [2.24, 2.45) is 5.92 Å². The van der Waals surface area contributed by atoms with E-state index >= 15 is 0 Å². The molecular weight excluding hydrogens is 336 g/mol. The molecule has 2 fully saturated rings. The van der Waals surface area contributed by atoms with Crippen LogP contribution in [0.2, 0.25) is 0 Å². The molecule has 0 aliphatic heterocycles. The van der Waals surface area contributed by atoms with Crippen LogP contribution in [0.4, 0.5) is 0 Å². The Kier molecular flexibility index (Phi) is 4.16. The second-order valence-corrected chi connectivity index (χ2v) is 8.29. The molecule has 5 rings (SSSR count). The molecule has 1 atom stereocenters. The van der Waals surface area contributed by atoms with Gasteiger partial charge in [0.25, 0.3) is 0 Å². The molecule has 0 saturated heterocycles. The molecule has 0 spiro atoms. The van der Waals surface area contributed by atoms with Gasteiger partial charge in [0.2, 0.25) is 0 Å². The van der Waals surface area contributed by atoms with Crippen molar-refractivity contribution in [2.45, 2.75) is 56.5 Å². The van der Waals surface area contributed by atoms with Gasteiger partial charge in [-0.3, -0.25) is 0 Å². The van der Waals surface area contributed by atoms with E-state index < -0.39 is 6.10 Å². The van der Waals surface area contributed by atoms with Crippen molar-refractivity contribution in [3.05, 3.63) is 65.7 Å². The minimum atomic E-state index is -0.441. The van der Waals surface area contributed by atoms with E-state index in [-0.39, 0.29) is 5.92 Å². The number of hydrogen-bond acceptors (Lipinski definition) is 3. The minimum absolute atomic E-state index is 0.282. The van der Waals surface area contributed by atoms with E-state index in [4.69, 9.17) is 0 Å². The molecule has 2 saturated carbocycles. The van der Waals surface area contributed by atoms with E-state index in [1.165, 1.54) is 24.0 Å². The van der Waals surface area contributed by atoms with Crippen LogP contribution in [0.15, 0.2) is 48.9 Å². The highest BCUT2D eigenvalue weighted by atomic mass is 16.3. The highest BCUT2D eigenvalue weighted by Gasteiger charge is 2.34. The quantitative estimate of drug-likeness (QED) is 0.692. The van der Waals surface area contributed by atoms with E-state index in [9.17, 15) is 10.2 Å². The van der Waals surface area contributed by atoms with Gasteiger partial charge in [0, 0.05) is 0 Å². The van der Waals surface area contributed by atoms with Crippen LogP contribution >= 0.6 is 0 Å². The Hall–Kier alpha value is -2.33. The van der Waals surface area contributed by atoms with Crippen LogP contribution in [0.5, 0.6) is 5.75 Å². The molecule has 2 heterocycles. The lowest BCUT2D eigenvalue weighted by Crippen LogP contribution is -2.22. The van der Waals surface area contributed by atoms with Gasteiger partial charge in [-0.2, -0.15) is 0 Å². The third-order valence-corrected chi connectivity index (χ3v) is 6.51. The molecule has 0 bridgehead atoms. The third kappa shape index (κ3) is 3.12. The van der Waals surface area contributed by atoms with Crippen molar-refractivity contribution in [2.75, 3.05) is 0 Å². The summed E-state index contributed by atoms with van der Waals surface area (Å²) in [5.74, 6) is 1.71. The van der Waals surface area contributed by atoms with Crippen molar-refractivity contribution in [1.29, 1.82) is 0 Å². The van der Waals surface area contributed by atoms with Crippen LogP contribution in [0.25, 0.3) is 5.52 Å². The van der Waals surface area contributed by atoms with Gasteiger partial charge in [0.15, 0.2) is 0 Å². The molecule has 4 nitrogen and oxygen atoms in total. The van der Waals surface area contributed by atoms with Gasteiger partial charge >= 0.3 is 0 Å². The van der Waals surface area contributed by atoms with Crippen LogP contribution in [0.1, 0.15) is 73.3 Å². The van der Waals surface area contributed by atoms with E-state index in [2.05, 4.69) is 27.6 Å². The van der Waals surface area contributed by atoms with Gasteiger partial charge in [-0.15, -0.1) is 0 Å². The average Bonchev–Trinajstić information content (AvgIpc) is 3.43. The molecule has 0 amide bonds. The van der Waals surface area contributed by atoms with Crippen molar-refractivity contribution in [3.8, 4) is 5.75 Å². The maximum Gasteiger partial charge on any atom is 0.115 e. The summed E-state index contributed by atoms with van der Waals surface area (Å²) >= 11 is 0. The number of aliphatic hydroxyl groups is 1. The van der Waals surface area contributed by atoms with Gasteiger partial charge in [-0.25, -0.2) is 4.98 Å². The third-order valence-electron chi connectivity index (χ3n) is 6.51. The fourth-order valence-corrected chi connectivity index (χ4v) is 4.85. The number of imidazole rings is 1. The number of phenols is 1. The Morgan fingerprint density at radius 3 is 2.48 bits per heavy atom. The first-order valence-corrected chi connectivity index (χ1v) is 10.1. The maximum atomic E-state index is 11.3. The largest absolute Gasteiger partial charge is 0.508 e. The predicted octanol–water partition coefficient (Wildman–Crippen LogP) is 4.92. The number of hydrogen-bond donors (Lipinski definition) is 2. The fraction of sp³-hybridized carbons (Fsp3) is 0.435. The number of pyridine rings is 1. The first-order valence-electron chi connectivity index (χ1n) is 10.1. The Bertz CT molecular complexity index is 952. The lowest BCUT2D eigenvalue weighted by Gasteiger charge is -2.33. The van der Waals surface area contributed by atoms with Crippen molar-refractivity contribution in [3.63, 3.8) is 0 Å². The number of benzene rings is 1. The zero-order valence-electron chi connectivity index (χ0n) is 15.5. The molecule has 27 heavy (non-hydrogen) atoms. The van der Waals surface area contributed by atoms with Crippen molar-refractivity contribution < 1.29 is 10.2 Å². The highest BCUT2D eigenvalue weighted by Crippen LogP contribution is 2.47. The number of rotatable bonds is 4. The van der Waals surface area contributed by atoms with E-state index in [0.717, 1.165) is 36.9 Å². The van der Waals surface area contributed by atoms with Crippen LogP contribution in [0.3, 0.4) is 0 Å². The highest BCUT2D eigenvalue weighted by molar-refractivity contribution is 5.50. The number of aromatic nitrogens is 2. The Balaban J connectivity index is 1.38. The Morgan fingerprint density at radius 1 is 0.963 bits per heavy atom. The van der Waals surface area contributed by atoms with Gasteiger partial charge in [0.05, 0.1) is 29.8 Å². The summed E-state index contributed by atoms with van der Waals surface area (Å²) in [5, 5.41) is 21.1. The monoisotopic (exact) mass is 362 g/mol. The van der Waals surface area contributed by atoms with Crippen LogP contribution < -0.4 is 0 Å². The standard InChI is InChI=1S/C23H26N2O2/c26-20-3-1-2-18(12-20)15-4-8-17(9-5-15)23(27)22-21(16-6-7-16)11-10-19-13-24-14-25(19)22/h1-3,10-17,23,26-27H,4-9H2/t15-,17-,23-/m0/s1. The van der Waals surface area contributed by atoms with Gasteiger partial charge in [-0.05, 0) is 85.6 Å². The molecule has 4 heteroatoms. The minimum Gasteiger partial charge on any atom is -0.508 e.